The monoisotopic (exact) mass is 287 g/mol. The second-order valence-corrected chi connectivity index (χ2v) is 6.44. The van der Waals surface area contributed by atoms with Gasteiger partial charge in [-0.15, -0.1) is 0 Å². The van der Waals surface area contributed by atoms with Gasteiger partial charge >= 0.3 is 0 Å². The fraction of sp³-hybridized carbons (Fsp3) is 0.250. The summed E-state index contributed by atoms with van der Waals surface area (Å²) in [5.74, 6) is 0.739. The number of anilines is 1. The number of fused-ring (bicyclic) bond motifs is 5. The molecule has 2 aliphatic heterocycles. The molecule has 0 amide bonds. The Balaban J connectivity index is 1.91. The Hall–Kier alpha value is -2.35. The zero-order valence-electron chi connectivity index (χ0n) is 12.4. The number of rotatable bonds is 0. The van der Waals surface area contributed by atoms with Gasteiger partial charge in [0.05, 0.1) is 0 Å². The molecule has 1 aliphatic carbocycles. The van der Waals surface area contributed by atoms with Crippen LogP contribution in [0.2, 0.25) is 0 Å². The van der Waals surface area contributed by atoms with E-state index in [-0.39, 0.29) is 0 Å². The Kier molecular flexibility index (Phi) is 2.40. The standard InChI is InChI=1S/C20H17NO/c22-18-12-13-6-5-11-21-17-10-4-3-8-15(17)14-7-1-2-9-16(14)19(18)20(13)21/h1-4,7-10,13H,5-6,11-12H2. The zero-order valence-corrected chi connectivity index (χ0v) is 12.4. The van der Waals surface area contributed by atoms with Gasteiger partial charge in [-0.3, -0.25) is 4.79 Å². The Morgan fingerprint density at radius 3 is 2.50 bits per heavy atom. The highest BCUT2D eigenvalue weighted by Gasteiger charge is 2.41. The van der Waals surface area contributed by atoms with Crippen molar-refractivity contribution in [3.8, 4) is 11.1 Å². The highest BCUT2D eigenvalue weighted by Crippen LogP contribution is 2.50. The molecule has 2 heterocycles. The van der Waals surface area contributed by atoms with Crippen LogP contribution in [0.25, 0.3) is 16.7 Å². The van der Waals surface area contributed by atoms with Crippen LogP contribution in [0.1, 0.15) is 24.8 Å². The molecule has 22 heavy (non-hydrogen) atoms. The lowest BCUT2D eigenvalue weighted by Crippen LogP contribution is -2.31. The fourth-order valence-corrected chi connectivity index (χ4v) is 4.39. The summed E-state index contributed by atoms with van der Waals surface area (Å²) in [5.41, 5.74) is 7.11. The maximum atomic E-state index is 12.7. The molecule has 1 atom stereocenters. The minimum absolute atomic E-state index is 0.326. The summed E-state index contributed by atoms with van der Waals surface area (Å²) in [7, 11) is 0. The molecule has 2 heteroatoms. The predicted molar refractivity (Wildman–Crippen MR) is 88.5 cm³/mol. The van der Waals surface area contributed by atoms with E-state index in [0.29, 0.717) is 18.1 Å². The molecule has 108 valence electrons. The number of ketones is 1. The van der Waals surface area contributed by atoms with Gasteiger partial charge < -0.3 is 4.90 Å². The smallest absolute Gasteiger partial charge is 0.165 e. The van der Waals surface area contributed by atoms with Crippen molar-refractivity contribution in [1.29, 1.82) is 0 Å². The van der Waals surface area contributed by atoms with Crippen LogP contribution in [0, 0.1) is 5.92 Å². The molecule has 0 N–H and O–H groups in total. The molecule has 5 rings (SSSR count). The summed E-state index contributed by atoms with van der Waals surface area (Å²) >= 11 is 0. The molecule has 0 bridgehead atoms. The van der Waals surface area contributed by atoms with Gasteiger partial charge in [0, 0.05) is 41.4 Å². The number of Topliss-reactive ketones (excluding diaryl/α,β-unsaturated/α-hetero) is 1. The SMILES string of the molecule is O=C1CC2CCCN3C2=C1c1ccccc1-c1ccccc13. The van der Waals surface area contributed by atoms with E-state index < -0.39 is 0 Å². The number of para-hydroxylation sites is 1. The number of nitrogens with zero attached hydrogens (tertiary/aromatic N) is 1. The number of piperidine rings is 1. The minimum Gasteiger partial charge on any atom is -0.344 e. The van der Waals surface area contributed by atoms with E-state index in [1.54, 1.807) is 0 Å². The zero-order chi connectivity index (χ0) is 14.7. The molecular formula is C20H17NO. The number of benzene rings is 2. The summed E-state index contributed by atoms with van der Waals surface area (Å²) in [5, 5.41) is 0. The summed E-state index contributed by atoms with van der Waals surface area (Å²) in [4.78, 5) is 15.2. The maximum Gasteiger partial charge on any atom is 0.165 e. The maximum absolute atomic E-state index is 12.7. The molecule has 2 nitrogen and oxygen atoms in total. The number of carbonyl (C=O) groups excluding carboxylic acids is 1. The van der Waals surface area contributed by atoms with Gasteiger partial charge in [0.25, 0.3) is 0 Å². The third-order valence-corrected chi connectivity index (χ3v) is 5.26. The van der Waals surface area contributed by atoms with Gasteiger partial charge in [-0.05, 0) is 30.0 Å². The Bertz CT molecular complexity index is 833. The van der Waals surface area contributed by atoms with Crippen molar-refractivity contribution in [3.63, 3.8) is 0 Å². The second-order valence-electron chi connectivity index (χ2n) is 6.44. The van der Waals surface area contributed by atoms with Gasteiger partial charge in [-0.25, -0.2) is 0 Å². The van der Waals surface area contributed by atoms with Crippen molar-refractivity contribution in [2.45, 2.75) is 19.3 Å². The summed E-state index contributed by atoms with van der Waals surface area (Å²) in [6.07, 6.45) is 3.00. The van der Waals surface area contributed by atoms with Crippen molar-refractivity contribution in [2.75, 3.05) is 11.4 Å². The van der Waals surface area contributed by atoms with E-state index in [2.05, 4.69) is 47.4 Å². The normalized spacial score (nSPS) is 22.1. The molecule has 2 aromatic carbocycles. The van der Waals surface area contributed by atoms with E-state index >= 15 is 0 Å². The third-order valence-electron chi connectivity index (χ3n) is 5.26. The van der Waals surface area contributed by atoms with Crippen LogP contribution in [0.4, 0.5) is 5.69 Å². The first-order valence-corrected chi connectivity index (χ1v) is 8.08. The first kappa shape index (κ1) is 12.2. The summed E-state index contributed by atoms with van der Waals surface area (Å²) in [6.45, 7) is 1.02. The van der Waals surface area contributed by atoms with Crippen LogP contribution in [-0.2, 0) is 4.79 Å². The van der Waals surface area contributed by atoms with E-state index in [0.717, 1.165) is 24.1 Å². The molecule has 0 aromatic heterocycles. The summed E-state index contributed by atoms with van der Waals surface area (Å²) in [6, 6.07) is 17.0. The van der Waals surface area contributed by atoms with Crippen LogP contribution < -0.4 is 4.90 Å². The van der Waals surface area contributed by atoms with Crippen molar-refractivity contribution in [1.82, 2.24) is 0 Å². The lowest BCUT2D eigenvalue weighted by atomic mass is 9.93. The van der Waals surface area contributed by atoms with Crippen molar-refractivity contribution in [3.05, 3.63) is 59.8 Å². The van der Waals surface area contributed by atoms with E-state index in [4.69, 9.17) is 0 Å². The van der Waals surface area contributed by atoms with Crippen LogP contribution in [0.3, 0.4) is 0 Å². The van der Waals surface area contributed by atoms with E-state index in [1.807, 2.05) is 6.07 Å². The Morgan fingerprint density at radius 2 is 1.64 bits per heavy atom. The highest BCUT2D eigenvalue weighted by atomic mass is 16.1. The number of carbonyl (C=O) groups is 1. The van der Waals surface area contributed by atoms with Gasteiger partial charge in [0.2, 0.25) is 0 Å². The van der Waals surface area contributed by atoms with Gasteiger partial charge in [0.15, 0.2) is 5.78 Å². The number of hydrogen-bond acceptors (Lipinski definition) is 2. The molecule has 3 aliphatic rings. The van der Waals surface area contributed by atoms with Crippen molar-refractivity contribution in [2.24, 2.45) is 5.92 Å². The largest absolute Gasteiger partial charge is 0.344 e. The minimum atomic E-state index is 0.326. The molecule has 2 aromatic rings. The molecule has 1 saturated heterocycles. The molecule has 1 unspecified atom stereocenters. The predicted octanol–water partition coefficient (Wildman–Crippen LogP) is 4.27. The molecule has 0 saturated carbocycles. The third kappa shape index (κ3) is 1.47. The highest BCUT2D eigenvalue weighted by molar-refractivity contribution is 6.27. The van der Waals surface area contributed by atoms with Crippen LogP contribution >= 0.6 is 0 Å². The Morgan fingerprint density at radius 1 is 0.909 bits per heavy atom. The average Bonchev–Trinajstić information content (AvgIpc) is 2.83. The first-order valence-electron chi connectivity index (χ1n) is 8.08. The average molecular weight is 287 g/mol. The van der Waals surface area contributed by atoms with Gasteiger partial charge in [-0.2, -0.15) is 0 Å². The lowest BCUT2D eigenvalue weighted by Gasteiger charge is -2.35. The topological polar surface area (TPSA) is 20.3 Å². The number of hydrogen-bond donors (Lipinski definition) is 0. The molecule has 1 fully saturated rings. The summed E-state index contributed by atoms with van der Waals surface area (Å²) < 4.78 is 0. The van der Waals surface area contributed by atoms with Crippen LogP contribution in [-0.4, -0.2) is 12.3 Å². The quantitative estimate of drug-likeness (QED) is 0.721. The van der Waals surface area contributed by atoms with E-state index in [9.17, 15) is 4.79 Å². The molecule has 0 spiro atoms. The number of allylic oxidation sites excluding steroid dienone is 2. The van der Waals surface area contributed by atoms with Crippen molar-refractivity contribution < 1.29 is 4.79 Å². The van der Waals surface area contributed by atoms with Crippen molar-refractivity contribution >= 4 is 17.0 Å². The van der Waals surface area contributed by atoms with Crippen LogP contribution in [0.5, 0.6) is 0 Å². The molecule has 0 radical (unpaired) electrons. The lowest BCUT2D eigenvalue weighted by molar-refractivity contribution is -0.113. The van der Waals surface area contributed by atoms with Gasteiger partial charge in [0.1, 0.15) is 0 Å². The second kappa shape index (κ2) is 4.33. The Labute approximate surface area is 130 Å². The van der Waals surface area contributed by atoms with Crippen LogP contribution in [0.15, 0.2) is 54.2 Å². The first-order chi connectivity index (χ1) is 10.8. The fourth-order valence-electron chi connectivity index (χ4n) is 4.39. The van der Waals surface area contributed by atoms with Gasteiger partial charge in [-0.1, -0.05) is 42.5 Å². The van der Waals surface area contributed by atoms with E-state index in [1.165, 1.54) is 28.9 Å². The molecular weight excluding hydrogens is 270 g/mol.